The highest BCUT2D eigenvalue weighted by atomic mass is 79.9. The molecular weight excluding hydrogens is 336 g/mol. The molecule has 0 atom stereocenters. The molecule has 4 heteroatoms. The summed E-state index contributed by atoms with van der Waals surface area (Å²) in [6.07, 6.45) is 7.88. The van der Waals surface area contributed by atoms with Crippen LogP contribution in [0, 0.1) is 17.6 Å². The first-order valence-corrected chi connectivity index (χ1v) is 8.66. The van der Waals surface area contributed by atoms with Gasteiger partial charge in [-0.3, -0.25) is 0 Å². The minimum Gasteiger partial charge on any atom is -0.325 e. The van der Waals surface area contributed by atoms with Gasteiger partial charge in [0, 0.05) is 11.1 Å². The molecule has 1 aliphatic rings. The fourth-order valence-corrected chi connectivity index (χ4v) is 3.67. The van der Waals surface area contributed by atoms with Crippen molar-refractivity contribution in [3.63, 3.8) is 0 Å². The Kier molecular flexibility index (Phi) is 5.78. The highest BCUT2D eigenvalue weighted by Gasteiger charge is 2.33. The SMILES string of the molecule is CCCCC1CCC(N)(Cc2c(F)ccc(Br)c2F)CC1. The Balaban J connectivity index is 2.02. The van der Waals surface area contributed by atoms with Crippen LogP contribution in [-0.2, 0) is 6.42 Å². The number of hydrogen-bond donors (Lipinski definition) is 1. The summed E-state index contributed by atoms with van der Waals surface area (Å²) in [6.45, 7) is 2.20. The van der Waals surface area contributed by atoms with E-state index in [1.54, 1.807) is 0 Å². The van der Waals surface area contributed by atoms with Crippen LogP contribution in [0.3, 0.4) is 0 Å². The van der Waals surface area contributed by atoms with Crippen LogP contribution < -0.4 is 5.73 Å². The molecule has 1 aromatic carbocycles. The first-order chi connectivity index (χ1) is 9.95. The molecule has 1 fully saturated rings. The third-order valence-corrected chi connectivity index (χ3v) is 5.35. The molecular formula is C17H24BrF2N. The van der Waals surface area contributed by atoms with Crippen molar-refractivity contribution in [3.8, 4) is 0 Å². The molecule has 2 rings (SSSR count). The van der Waals surface area contributed by atoms with Crippen LogP contribution in [0.15, 0.2) is 16.6 Å². The molecule has 0 unspecified atom stereocenters. The number of benzene rings is 1. The molecule has 0 amide bonds. The molecule has 0 saturated heterocycles. The standard InChI is InChI=1S/C17H24BrF2N/c1-2-3-4-12-7-9-17(21,10-8-12)11-13-15(19)6-5-14(18)16(13)20/h5-6,12H,2-4,7-11,21H2,1H3. The molecule has 1 nitrogen and oxygen atoms in total. The van der Waals surface area contributed by atoms with Crippen LogP contribution in [0.2, 0.25) is 0 Å². The van der Waals surface area contributed by atoms with Gasteiger partial charge in [-0.2, -0.15) is 0 Å². The molecule has 118 valence electrons. The first-order valence-electron chi connectivity index (χ1n) is 7.86. The topological polar surface area (TPSA) is 26.0 Å². The second-order valence-electron chi connectivity index (χ2n) is 6.45. The van der Waals surface area contributed by atoms with Gasteiger partial charge in [-0.15, -0.1) is 0 Å². The molecule has 1 aliphatic carbocycles. The summed E-state index contributed by atoms with van der Waals surface area (Å²) in [7, 11) is 0. The summed E-state index contributed by atoms with van der Waals surface area (Å²) in [5.74, 6) is -0.264. The zero-order chi connectivity index (χ0) is 15.5. The van der Waals surface area contributed by atoms with Crippen LogP contribution in [0.4, 0.5) is 8.78 Å². The maximum Gasteiger partial charge on any atom is 0.143 e. The smallest absolute Gasteiger partial charge is 0.143 e. The fourth-order valence-electron chi connectivity index (χ4n) is 3.29. The highest BCUT2D eigenvalue weighted by Crippen LogP contribution is 2.36. The third kappa shape index (κ3) is 4.26. The lowest BCUT2D eigenvalue weighted by atomic mass is 9.73. The minimum atomic E-state index is -0.507. The van der Waals surface area contributed by atoms with Gasteiger partial charge in [0.2, 0.25) is 0 Å². The Morgan fingerprint density at radius 2 is 1.95 bits per heavy atom. The summed E-state index contributed by atoms with van der Waals surface area (Å²) in [5, 5.41) is 0. The predicted octanol–water partition coefficient (Wildman–Crippen LogP) is 5.35. The predicted molar refractivity (Wildman–Crippen MR) is 86.2 cm³/mol. The van der Waals surface area contributed by atoms with E-state index in [0.29, 0.717) is 4.47 Å². The molecule has 1 saturated carbocycles. The lowest BCUT2D eigenvalue weighted by Gasteiger charge is -2.37. The summed E-state index contributed by atoms with van der Waals surface area (Å²) >= 11 is 3.12. The van der Waals surface area contributed by atoms with Crippen molar-refractivity contribution in [2.24, 2.45) is 11.7 Å². The average Bonchev–Trinajstić information content (AvgIpc) is 2.47. The molecule has 1 aromatic rings. The van der Waals surface area contributed by atoms with Crippen LogP contribution >= 0.6 is 15.9 Å². The molecule has 0 heterocycles. The van der Waals surface area contributed by atoms with Gasteiger partial charge in [-0.25, -0.2) is 8.78 Å². The molecule has 0 aromatic heterocycles. The highest BCUT2D eigenvalue weighted by molar-refractivity contribution is 9.10. The van der Waals surface area contributed by atoms with Gasteiger partial charge in [0.1, 0.15) is 11.6 Å². The minimum absolute atomic E-state index is 0.124. The maximum atomic E-state index is 14.1. The van der Waals surface area contributed by atoms with Crippen molar-refractivity contribution in [1.29, 1.82) is 0 Å². The zero-order valence-corrected chi connectivity index (χ0v) is 14.2. The molecule has 0 aliphatic heterocycles. The van der Waals surface area contributed by atoms with Gasteiger partial charge in [-0.1, -0.05) is 26.2 Å². The summed E-state index contributed by atoms with van der Waals surface area (Å²) in [6, 6.07) is 2.71. The van der Waals surface area contributed by atoms with E-state index >= 15 is 0 Å². The molecule has 0 radical (unpaired) electrons. The maximum absolute atomic E-state index is 14.1. The lowest BCUT2D eigenvalue weighted by molar-refractivity contribution is 0.219. The summed E-state index contributed by atoms with van der Waals surface area (Å²) in [4.78, 5) is 0. The number of hydrogen-bond acceptors (Lipinski definition) is 1. The second kappa shape index (κ2) is 7.19. The molecule has 0 bridgehead atoms. The largest absolute Gasteiger partial charge is 0.325 e. The van der Waals surface area contributed by atoms with E-state index in [1.165, 1.54) is 31.4 Å². The Bertz CT molecular complexity index is 482. The molecule has 2 N–H and O–H groups in total. The van der Waals surface area contributed by atoms with Crippen molar-refractivity contribution >= 4 is 15.9 Å². The van der Waals surface area contributed by atoms with E-state index in [-0.39, 0.29) is 12.0 Å². The van der Waals surface area contributed by atoms with E-state index in [0.717, 1.165) is 31.6 Å². The van der Waals surface area contributed by atoms with Crippen molar-refractivity contribution < 1.29 is 8.78 Å². The van der Waals surface area contributed by atoms with Crippen LogP contribution in [0.1, 0.15) is 57.4 Å². The number of rotatable bonds is 5. The van der Waals surface area contributed by atoms with E-state index in [4.69, 9.17) is 5.73 Å². The summed E-state index contributed by atoms with van der Waals surface area (Å²) < 4.78 is 28.3. The van der Waals surface area contributed by atoms with E-state index in [2.05, 4.69) is 22.9 Å². The Labute approximate surface area is 134 Å². The Hall–Kier alpha value is -0.480. The Morgan fingerprint density at radius 3 is 2.57 bits per heavy atom. The first kappa shape index (κ1) is 16.9. The van der Waals surface area contributed by atoms with Crippen molar-refractivity contribution in [3.05, 3.63) is 33.8 Å². The normalized spacial score (nSPS) is 26.0. The molecule has 21 heavy (non-hydrogen) atoms. The summed E-state index contributed by atoms with van der Waals surface area (Å²) in [5.41, 5.74) is 6.08. The average molecular weight is 360 g/mol. The molecule has 0 spiro atoms. The van der Waals surface area contributed by atoms with Gasteiger partial charge in [0.05, 0.1) is 4.47 Å². The van der Waals surface area contributed by atoms with Crippen molar-refractivity contribution in [2.45, 2.75) is 63.8 Å². The number of halogens is 3. The van der Waals surface area contributed by atoms with E-state index in [9.17, 15) is 8.78 Å². The van der Waals surface area contributed by atoms with Crippen molar-refractivity contribution in [1.82, 2.24) is 0 Å². The van der Waals surface area contributed by atoms with Gasteiger partial charge >= 0.3 is 0 Å². The zero-order valence-electron chi connectivity index (χ0n) is 12.6. The lowest BCUT2D eigenvalue weighted by Crippen LogP contribution is -2.45. The van der Waals surface area contributed by atoms with Gasteiger partial charge in [-0.05, 0) is 66.1 Å². The van der Waals surface area contributed by atoms with Crippen LogP contribution in [0.25, 0.3) is 0 Å². The number of unbranched alkanes of at least 4 members (excludes halogenated alkanes) is 1. The van der Waals surface area contributed by atoms with Crippen molar-refractivity contribution in [2.75, 3.05) is 0 Å². The third-order valence-electron chi connectivity index (χ3n) is 4.73. The monoisotopic (exact) mass is 359 g/mol. The van der Waals surface area contributed by atoms with E-state index in [1.807, 2.05) is 0 Å². The second-order valence-corrected chi connectivity index (χ2v) is 7.30. The van der Waals surface area contributed by atoms with Gasteiger partial charge < -0.3 is 5.73 Å². The van der Waals surface area contributed by atoms with Gasteiger partial charge in [0.25, 0.3) is 0 Å². The van der Waals surface area contributed by atoms with Crippen LogP contribution in [0.5, 0.6) is 0 Å². The van der Waals surface area contributed by atoms with E-state index < -0.39 is 17.2 Å². The number of nitrogens with two attached hydrogens (primary N) is 1. The fraction of sp³-hybridized carbons (Fsp3) is 0.647. The Morgan fingerprint density at radius 1 is 1.29 bits per heavy atom. The van der Waals surface area contributed by atoms with Gasteiger partial charge in [0.15, 0.2) is 0 Å². The van der Waals surface area contributed by atoms with Crippen LogP contribution in [-0.4, -0.2) is 5.54 Å². The quantitative estimate of drug-likeness (QED) is 0.704.